The van der Waals surface area contributed by atoms with Gasteiger partial charge in [0.25, 0.3) is 12.3 Å². The van der Waals surface area contributed by atoms with Gasteiger partial charge in [-0.3, -0.25) is 9.59 Å². The molecule has 17 heteroatoms. The smallest absolute Gasteiger partial charge is 0.275 e. The summed E-state index contributed by atoms with van der Waals surface area (Å²) < 4.78 is 0. The first-order chi connectivity index (χ1) is 18.5. The lowest BCUT2D eigenvalue weighted by molar-refractivity contribution is -0.193. The second-order valence-electron chi connectivity index (χ2n) is 6.97. The monoisotopic (exact) mass is 720 g/mol. The summed E-state index contributed by atoms with van der Waals surface area (Å²) in [4.78, 5) is 52.1. The van der Waals surface area contributed by atoms with Crippen molar-refractivity contribution in [3.05, 3.63) is 12.7 Å². The van der Waals surface area contributed by atoms with Crippen molar-refractivity contribution in [1.29, 1.82) is 0 Å². The van der Waals surface area contributed by atoms with Crippen LogP contribution < -0.4 is 0 Å². The van der Waals surface area contributed by atoms with E-state index in [0.29, 0.717) is 0 Å². The van der Waals surface area contributed by atoms with Crippen LogP contribution in [0.5, 0.6) is 0 Å². The van der Waals surface area contributed by atoms with E-state index in [0.717, 1.165) is 32.1 Å². The molecule has 9 atom stereocenters. The van der Waals surface area contributed by atoms with Crippen molar-refractivity contribution < 1.29 is 28.8 Å². The fourth-order valence-electron chi connectivity index (χ4n) is 2.00. The number of hydrogen-bond donors (Lipinski definition) is 0. The Hall–Kier alpha value is 1.31. The zero-order chi connectivity index (χ0) is 32.5. The number of carbonyl (C=O) groups is 2. The number of nitrogens with zero attached hydrogens (tertiary/aromatic N) is 2. The summed E-state index contributed by atoms with van der Waals surface area (Å²) in [7, 11) is 18.7. The van der Waals surface area contributed by atoms with Crippen LogP contribution in [0.1, 0.15) is 86.0 Å². The molecule has 2 aliphatic carbocycles. The number of allylic oxidation sites excluding steroid dienone is 1. The van der Waals surface area contributed by atoms with E-state index in [1.807, 2.05) is 6.08 Å². The normalized spacial score (nSPS) is 14.5. The maximum atomic E-state index is 10.2. The highest BCUT2D eigenvalue weighted by atomic mass is 32.7. The van der Waals surface area contributed by atoms with Gasteiger partial charge in [0.1, 0.15) is 0 Å². The molecule has 2 amide bonds. The highest BCUT2D eigenvalue weighted by molar-refractivity contribution is 8.65. The Labute approximate surface area is 256 Å². The molecular weight excluding hydrogens is 667 g/mol. The third-order valence-corrected chi connectivity index (χ3v) is 4.20. The number of carbonyl (C=O) groups excluding carboxylic acids is 6. The Kier molecular flexibility index (Phi) is 84.7. The average Bonchev–Trinajstić information content (AvgIpc) is 3.85. The number of hydrogen-bond acceptors (Lipinski definition) is 6. The van der Waals surface area contributed by atoms with Crippen molar-refractivity contribution in [3.8, 4) is 0 Å². The molecule has 0 aliphatic heterocycles. The van der Waals surface area contributed by atoms with Crippen LogP contribution in [-0.2, 0) is 28.8 Å². The van der Waals surface area contributed by atoms with E-state index < -0.39 is 0 Å². The maximum Gasteiger partial charge on any atom is 0.373 e. The molecule has 0 spiro atoms. The lowest BCUT2D eigenvalue weighted by Gasteiger charge is -1.85. The van der Waals surface area contributed by atoms with Crippen molar-refractivity contribution in [2.45, 2.75) is 86.0 Å². The Morgan fingerprint density at radius 2 is 1.23 bits per heavy atom. The minimum atomic E-state index is -0.378. The minimum Gasteiger partial charge on any atom is -0.275 e. The predicted molar refractivity (Wildman–Crippen MR) is 195 cm³/mol. The van der Waals surface area contributed by atoms with Crippen LogP contribution in [-0.4, -0.2) is 24.6 Å². The van der Waals surface area contributed by atoms with Crippen molar-refractivity contribution in [2.24, 2.45) is 28.0 Å². The molecule has 2 aliphatic rings. The van der Waals surface area contributed by atoms with Crippen molar-refractivity contribution in [3.63, 3.8) is 0 Å². The van der Waals surface area contributed by atoms with E-state index in [9.17, 15) is 9.59 Å². The quantitative estimate of drug-likeness (QED) is 0.117. The standard InChI is InChI=1S/C7H14.C5H10.C4H6N2O2.C4H8.2CO2.H6P4.H5P3.H4P2/c1-3-6-5-7(6)4-2;1-2-5-3-4-5;1-2-4(8)6-5-3-7;1-3-4-2;2*2-1-3;1-4(2)3;1-3-2;1-2/h6-7H,3-5H2,1-2H3;5H,2-4H2,1H3;3H,2H2,1H3;3H,1,4H2,2H3;;;1-3H2;3H,1-2H2;1-2H2/t6-,7-;;;;;;;;/m1......../s1. The Morgan fingerprint density at radius 3 is 1.33 bits per heavy atom. The summed E-state index contributed by atoms with van der Waals surface area (Å²) in [6.07, 6.45) is 12.8. The van der Waals surface area contributed by atoms with E-state index >= 15 is 0 Å². The van der Waals surface area contributed by atoms with Gasteiger partial charge in [0.05, 0.1) is 0 Å². The molecular formula is C22H53N2O6P9. The van der Waals surface area contributed by atoms with E-state index in [2.05, 4.69) is 107 Å². The Bertz CT molecular complexity index is 566. The molecule has 39 heavy (non-hydrogen) atoms. The van der Waals surface area contributed by atoms with E-state index in [1.54, 1.807) is 6.92 Å². The largest absolute Gasteiger partial charge is 0.373 e. The molecule has 0 N–H and O–H groups in total. The summed E-state index contributed by atoms with van der Waals surface area (Å²) in [5, 5.41) is 5.82. The SMILES string of the molecule is C=CCC.CCC(=O)N=NC=O.CCC1CC1.CC[C@@H]1C[C@H]1CC.O=C=O.O=C=O.PP.PP(P)P.PPP. The molecule has 0 aromatic heterocycles. The molecule has 0 aromatic rings. The summed E-state index contributed by atoms with van der Waals surface area (Å²) >= 11 is 0. The van der Waals surface area contributed by atoms with Gasteiger partial charge in [-0.25, -0.2) is 0 Å². The van der Waals surface area contributed by atoms with Crippen LogP contribution in [0, 0.1) is 17.8 Å². The first-order valence-corrected chi connectivity index (χ1v) is 25.5. The summed E-state index contributed by atoms with van der Waals surface area (Å²) in [5.74, 6) is 2.99. The zero-order valence-corrected chi connectivity index (χ0v) is 34.1. The predicted octanol–water partition coefficient (Wildman–Crippen LogP) is 8.93. The van der Waals surface area contributed by atoms with Crippen LogP contribution in [0.15, 0.2) is 22.9 Å². The van der Waals surface area contributed by atoms with Crippen molar-refractivity contribution in [2.75, 3.05) is 0 Å². The zero-order valence-electron chi connectivity index (χ0n) is 24.1. The van der Waals surface area contributed by atoms with Gasteiger partial charge >= 0.3 is 12.3 Å². The van der Waals surface area contributed by atoms with Crippen LogP contribution in [0.3, 0.4) is 0 Å². The van der Waals surface area contributed by atoms with Crippen LogP contribution in [0.4, 0.5) is 0 Å². The second-order valence-corrected chi connectivity index (χ2v) is 22.9. The van der Waals surface area contributed by atoms with Gasteiger partial charge in [0.15, 0.2) is 0 Å². The fourth-order valence-corrected chi connectivity index (χ4v) is 2.00. The highest BCUT2D eigenvalue weighted by Gasteiger charge is 2.32. The molecule has 0 saturated heterocycles. The number of amides is 2. The topological polar surface area (TPSA) is 127 Å². The van der Waals surface area contributed by atoms with Gasteiger partial charge in [0, 0.05) is 6.42 Å². The molecule has 0 radical (unpaired) electrons. The maximum absolute atomic E-state index is 10.2. The molecule has 8 nitrogen and oxygen atoms in total. The molecule has 2 fully saturated rings. The average molecular weight is 720 g/mol. The van der Waals surface area contributed by atoms with Gasteiger partial charge in [-0.05, 0) is 37.6 Å². The Balaban J connectivity index is -0.0000000612. The third kappa shape index (κ3) is 101. The Morgan fingerprint density at radius 1 is 0.923 bits per heavy atom. The fraction of sp³-hybridized carbons (Fsp3) is 0.727. The molecule has 2 saturated carbocycles. The van der Waals surface area contributed by atoms with E-state index in [1.165, 1.54) is 38.5 Å². The summed E-state index contributed by atoms with van der Waals surface area (Å²) in [6.45, 7) is 14.2. The van der Waals surface area contributed by atoms with E-state index in [4.69, 9.17) is 19.2 Å². The second kappa shape index (κ2) is 58.9. The first-order valence-electron chi connectivity index (χ1n) is 12.0. The third-order valence-electron chi connectivity index (χ3n) is 4.20. The molecule has 0 aromatic carbocycles. The van der Waals surface area contributed by atoms with Gasteiger partial charge in [0.2, 0.25) is 0 Å². The van der Waals surface area contributed by atoms with Gasteiger partial charge in [-0.1, -0.05) is 80.8 Å². The number of azo groups is 1. The van der Waals surface area contributed by atoms with Gasteiger partial charge < -0.3 is 0 Å². The van der Waals surface area contributed by atoms with Crippen molar-refractivity contribution in [1.82, 2.24) is 0 Å². The van der Waals surface area contributed by atoms with Gasteiger partial charge in [-0.2, -0.15) is 19.2 Å². The summed E-state index contributed by atoms with van der Waals surface area (Å²) in [5.41, 5.74) is 0. The minimum absolute atomic E-state index is 0.130. The van der Waals surface area contributed by atoms with Crippen LogP contribution in [0.2, 0.25) is 0 Å². The van der Waals surface area contributed by atoms with Crippen LogP contribution in [0.25, 0.3) is 0 Å². The summed E-state index contributed by atoms with van der Waals surface area (Å²) in [6, 6.07) is 0. The molecule has 7 unspecified atom stereocenters. The lowest BCUT2D eigenvalue weighted by Crippen LogP contribution is -1.85. The lowest BCUT2D eigenvalue weighted by atomic mass is 10.2. The molecule has 0 bridgehead atoms. The van der Waals surface area contributed by atoms with E-state index in [-0.39, 0.29) is 38.0 Å². The van der Waals surface area contributed by atoms with Crippen LogP contribution >= 0.6 is 77.4 Å². The first kappa shape index (κ1) is 56.1. The molecule has 232 valence electrons. The van der Waals surface area contributed by atoms with Gasteiger partial charge in [-0.15, -0.1) is 79.3 Å². The highest BCUT2D eigenvalue weighted by Crippen LogP contribution is 2.59. The molecule has 2 rings (SSSR count). The van der Waals surface area contributed by atoms with Crippen molar-refractivity contribution >= 4 is 102 Å². The number of rotatable bonds is 6. The molecule has 0 heterocycles.